The topological polar surface area (TPSA) is 60.0 Å². The maximum Gasteiger partial charge on any atom is 0.234 e. The van der Waals surface area contributed by atoms with Gasteiger partial charge in [0.1, 0.15) is 0 Å². The Morgan fingerprint density at radius 2 is 1.97 bits per heavy atom. The third-order valence-electron chi connectivity index (χ3n) is 6.14. The Morgan fingerprint density at radius 1 is 1.23 bits per heavy atom. The quantitative estimate of drug-likeness (QED) is 0.314. The highest BCUT2D eigenvalue weighted by molar-refractivity contribution is 14.0. The van der Waals surface area contributed by atoms with Gasteiger partial charge in [0.05, 0.1) is 13.1 Å². The predicted octanol–water partition coefficient (Wildman–Crippen LogP) is 2.85. The Kier molecular flexibility index (Phi) is 8.26. The van der Waals surface area contributed by atoms with Crippen molar-refractivity contribution in [3.8, 4) is 0 Å². The lowest BCUT2D eigenvalue weighted by atomic mass is 9.96. The molecule has 0 radical (unpaired) electrons. The van der Waals surface area contributed by atoms with Gasteiger partial charge in [0.25, 0.3) is 0 Å². The van der Waals surface area contributed by atoms with Crippen LogP contribution in [0.25, 0.3) is 0 Å². The second-order valence-corrected chi connectivity index (χ2v) is 9.00. The van der Waals surface area contributed by atoms with Gasteiger partial charge < -0.3 is 15.5 Å². The molecule has 2 aliphatic carbocycles. The van der Waals surface area contributed by atoms with Crippen LogP contribution in [0.3, 0.4) is 0 Å². The van der Waals surface area contributed by atoms with Gasteiger partial charge in [-0.05, 0) is 50.3 Å². The number of carbonyl (C=O) groups excluding carboxylic acids is 1. The highest BCUT2D eigenvalue weighted by atomic mass is 127. The summed E-state index contributed by atoms with van der Waals surface area (Å²) in [4.78, 5) is 21.6. The van der Waals surface area contributed by atoms with Crippen LogP contribution in [0, 0.1) is 0 Å². The molecule has 30 heavy (non-hydrogen) atoms. The average molecular weight is 546 g/mol. The fourth-order valence-corrected chi connectivity index (χ4v) is 4.17. The van der Waals surface area contributed by atoms with Crippen molar-refractivity contribution in [3.63, 3.8) is 0 Å². The van der Waals surface area contributed by atoms with E-state index >= 15 is 0 Å². The van der Waals surface area contributed by atoms with Crippen LogP contribution in [0.2, 0.25) is 5.02 Å². The lowest BCUT2D eigenvalue weighted by Crippen LogP contribution is -2.54. The molecular formula is C22H33ClIN5O. The van der Waals surface area contributed by atoms with Crippen molar-refractivity contribution in [1.82, 2.24) is 20.4 Å². The van der Waals surface area contributed by atoms with Crippen LogP contribution in [0.5, 0.6) is 0 Å². The summed E-state index contributed by atoms with van der Waals surface area (Å²) in [6.45, 7) is 7.84. The summed E-state index contributed by atoms with van der Waals surface area (Å²) in [5.74, 6) is 1.15. The normalized spacial score (nSPS) is 21.0. The fourth-order valence-electron chi connectivity index (χ4n) is 3.98. The van der Waals surface area contributed by atoms with E-state index in [-0.39, 0.29) is 35.3 Å². The first kappa shape index (κ1) is 23.6. The molecule has 1 aromatic rings. The average Bonchev–Trinajstić information content (AvgIpc) is 3.63. The number of piperazine rings is 1. The first-order chi connectivity index (χ1) is 14.1. The number of aliphatic imine (C=N–C) groups is 1. The van der Waals surface area contributed by atoms with E-state index in [0.29, 0.717) is 12.6 Å². The van der Waals surface area contributed by atoms with E-state index in [1.807, 2.05) is 12.1 Å². The van der Waals surface area contributed by atoms with Crippen LogP contribution in [0.4, 0.5) is 0 Å². The standard InChI is InChI=1S/C22H32ClN5O.HI/c1-2-24-21(25-16-22(8-9-22)17-4-3-5-18(23)14-17)28-12-10-27(11-13-28)15-20(29)26-19-6-7-19;/h3-5,14,19H,2,6-13,15-16H2,1H3,(H,24,25)(H,26,29);1H. The summed E-state index contributed by atoms with van der Waals surface area (Å²) < 4.78 is 0. The first-order valence-corrected chi connectivity index (χ1v) is 11.3. The molecule has 0 bridgehead atoms. The Morgan fingerprint density at radius 3 is 2.57 bits per heavy atom. The Balaban J connectivity index is 0.00000256. The SMILES string of the molecule is CCNC(=NCC1(c2cccc(Cl)c2)CC1)N1CCN(CC(=O)NC2CC2)CC1.I. The van der Waals surface area contributed by atoms with E-state index in [4.69, 9.17) is 16.6 Å². The summed E-state index contributed by atoms with van der Waals surface area (Å²) in [6, 6.07) is 8.66. The first-order valence-electron chi connectivity index (χ1n) is 10.9. The number of benzene rings is 1. The molecule has 3 aliphatic rings. The number of hydrogen-bond donors (Lipinski definition) is 2. The minimum atomic E-state index is 0. The number of guanidine groups is 1. The summed E-state index contributed by atoms with van der Waals surface area (Å²) in [7, 11) is 0. The molecule has 6 nitrogen and oxygen atoms in total. The molecule has 0 atom stereocenters. The molecule has 1 heterocycles. The molecule has 4 rings (SSSR count). The minimum absolute atomic E-state index is 0. The van der Waals surface area contributed by atoms with Crippen LogP contribution < -0.4 is 10.6 Å². The molecule has 1 amide bonds. The van der Waals surface area contributed by atoms with Crippen molar-refractivity contribution in [1.29, 1.82) is 0 Å². The van der Waals surface area contributed by atoms with Crippen molar-refractivity contribution in [2.24, 2.45) is 4.99 Å². The van der Waals surface area contributed by atoms with Crippen LogP contribution in [-0.2, 0) is 10.2 Å². The molecule has 3 fully saturated rings. The van der Waals surface area contributed by atoms with Crippen LogP contribution in [0.1, 0.15) is 38.2 Å². The highest BCUT2D eigenvalue weighted by Crippen LogP contribution is 2.48. The second-order valence-electron chi connectivity index (χ2n) is 8.57. The van der Waals surface area contributed by atoms with Gasteiger partial charge in [-0.25, -0.2) is 0 Å². The van der Waals surface area contributed by atoms with Gasteiger partial charge in [0.2, 0.25) is 5.91 Å². The van der Waals surface area contributed by atoms with Crippen molar-refractivity contribution in [3.05, 3.63) is 34.9 Å². The molecule has 2 saturated carbocycles. The van der Waals surface area contributed by atoms with E-state index in [0.717, 1.165) is 63.1 Å². The number of rotatable bonds is 7. The van der Waals surface area contributed by atoms with Gasteiger partial charge in [0, 0.05) is 49.2 Å². The Labute approximate surface area is 201 Å². The van der Waals surface area contributed by atoms with Gasteiger partial charge in [-0.3, -0.25) is 14.7 Å². The van der Waals surface area contributed by atoms with E-state index in [2.05, 4.69) is 39.5 Å². The van der Waals surface area contributed by atoms with Gasteiger partial charge >= 0.3 is 0 Å². The highest BCUT2D eigenvalue weighted by Gasteiger charge is 2.44. The molecule has 1 aliphatic heterocycles. The molecule has 1 aromatic carbocycles. The fraction of sp³-hybridized carbons (Fsp3) is 0.636. The summed E-state index contributed by atoms with van der Waals surface area (Å²) in [5, 5.41) is 7.33. The Bertz CT molecular complexity index is 758. The van der Waals surface area contributed by atoms with Gasteiger partial charge in [-0.2, -0.15) is 0 Å². The second kappa shape index (κ2) is 10.5. The van der Waals surface area contributed by atoms with Gasteiger partial charge in [0.15, 0.2) is 5.96 Å². The number of carbonyl (C=O) groups is 1. The third-order valence-corrected chi connectivity index (χ3v) is 6.37. The van der Waals surface area contributed by atoms with E-state index in [1.54, 1.807) is 0 Å². The van der Waals surface area contributed by atoms with Crippen LogP contribution >= 0.6 is 35.6 Å². The summed E-state index contributed by atoms with van der Waals surface area (Å²) >= 11 is 6.20. The molecule has 1 saturated heterocycles. The molecule has 8 heteroatoms. The largest absolute Gasteiger partial charge is 0.357 e. The van der Waals surface area contributed by atoms with Gasteiger partial charge in [-0.1, -0.05) is 23.7 Å². The zero-order valence-electron chi connectivity index (χ0n) is 17.7. The number of halogens is 2. The van der Waals surface area contributed by atoms with Crippen molar-refractivity contribution in [2.45, 2.75) is 44.1 Å². The molecule has 0 aromatic heterocycles. The number of nitrogens with zero attached hydrogens (tertiary/aromatic N) is 3. The zero-order valence-corrected chi connectivity index (χ0v) is 20.8. The Hall–Kier alpha value is -1.06. The number of amides is 1. The van der Waals surface area contributed by atoms with Crippen molar-refractivity contribution < 1.29 is 4.79 Å². The lowest BCUT2D eigenvalue weighted by molar-refractivity contribution is -0.122. The summed E-state index contributed by atoms with van der Waals surface area (Å²) in [6.07, 6.45) is 4.61. The van der Waals surface area contributed by atoms with Crippen LogP contribution in [-0.4, -0.2) is 73.5 Å². The lowest BCUT2D eigenvalue weighted by Gasteiger charge is -2.36. The van der Waals surface area contributed by atoms with Crippen LogP contribution in [0.15, 0.2) is 29.3 Å². The molecular weight excluding hydrogens is 513 g/mol. The molecule has 0 unspecified atom stereocenters. The third kappa shape index (κ3) is 6.23. The predicted molar refractivity (Wildman–Crippen MR) is 133 cm³/mol. The maximum atomic E-state index is 12.0. The monoisotopic (exact) mass is 545 g/mol. The smallest absolute Gasteiger partial charge is 0.234 e. The molecule has 0 spiro atoms. The molecule has 2 N–H and O–H groups in total. The van der Waals surface area contributed by atoms with Crippen molar-refractivity contribution >= 4 is 47.4 Å². The van der Waals surface area contributed by atoms with E-state index in [9.17, 15) is 4.79 Å². The van der Waals surface area contributed by atoms with Gasteiger partial charge in [-0.15, -0.1) is 24.0 Å². The molecule has 166 valence electrons. The van der Waals surface area contributed by atoms with E-state index in [1.165, 1.54) is 18.4 Å². The zero-order chi connectivity index (χ0) is 20.3. The van der Waals surface area contributed by atoms with Crippen molar-refractivity contribution in [2.75, 3.05) is 45.8 Å². The van der Waals surface area contributed by atoms with E-state index < -0.39 is 0 Å². The summed E-state index contributed by atoms with van der Waals surface area (Å²) in [5.41, 5.74) is 1.45. The minimum Gasteiger partial charge on any atom is -0.357 e. The maximum absolute atomic E-state index is 12.0. The number of nitrogens with one attached hydrogen (secondary N) is 2. The number of hydrogen-bond acceptors (Lipinski definition) is 3.